The third kappa shape index (κ3) is 3.29. The second-order valence-electron chi connectivity index (χ2n) is 5.06. The van der Waals surface area contributed by atoms with E-state index < -0.39 is 0 Å². The molecule has 4 aromatic rings. The van der Waals surface area contributed by atoms with Gasteiger partial charge in [0.2, 0.25) is 0 Å². The first kappa shape index (κ1) is 17.3. The maximum Gasteiger partial charge on any atom is 0.135 e. The van der Waals surface area contributed by atoms with Gasteiger partial charge in [-0.1, -0.05) is 72.8 Å². The first-order chi connectivity index (χ1) is 11.4. The molecule has 0 aliphatic heterocycles. The van der Waals surface area contributed by atoms with Crippen molar-refractivity contribution in [2.75, 3.05) is 0 Å². The van der Waals surface area contributed by atoms with Crippen LogP contribution in [0.4, 0.5) is 0 Å². The standard InChI is InChI=1S/C20H14O.C2H4.H2O/c1-3-11-17-15(7-1)9-5-13-19(17)21-20-14-6-10-16-8-2-4-12-18(16)20;1-2;/h1-14H;1-2H2;1H2. The molecular weight excluding hydrogens is 296 g/mol. The number of hydrogen-bond donors (Lipinski definition) is 0. The van der Waals surface area contributed by atoms with E-state index in [0.29, 0.717) is 0 Å². The van der Waals surface area contributed by atoms with Gasteiger partial charge in [0, 0.05) is 10.8 Å². The van der Waals surface area contributed by atoms with Gasteiger partial charge in [-0.3, -0.25) is 0 Å². The third-order valence-electron chi connectivity index (χ3n) is 3.72. The average Bonchev–Trinajstić information content (AvgIpc) is 2.64. The van der Waals surface area contributed by atoms with E-state index in [4.69, 9.17) is 4.74 Å². The van der Waals surface area contributed by atoms with Gasteiger partial charge in [-0.05, 0) is 22.9 Å². The molecule has 2 heteroatoms. The van der Waals surface area contributed by atoms with Crippen molar-refractivity contribution in [1.29, 1.82) is 0 Å². The van der Waals surface area contributed by atoms with Crippen LogP contribution in [0.15, 0.2) is 98.1 Å². The maximum absolute atomic E-state index is 6.20. The zero-order valence-electron chi connectivity index (χ0n) is 13.4. The first-order valence-electron chi connectivity index (χ1n) is 7.55. The molecule has 0 aliphatic carbocycles. The normalized spacial score (nSPS) is 9.67. The molecule has 0 heterocycles. The molecule has 0 fully saturated rings. The van der Waals surface area contributed by atoms with Crippen LogP contribution in [0.25, 0.3) is 21.5 Å². The molecule has 120 valence electrons. The molecule has 0 aromatic heterocycles. The highest BCUT2D eigenvalue weighted by molar-refractivity contribution is 5.91. The fourth-order valence-electron chi connectivity index (χ4n) is 2.69. The third-order valence-corrected chi connectivity index (χ3v) is 3.72. The van der Waals surface area contributed by atoms with Crippen molar-refractivity contribution in [2.45, 2.75) is 0 Å². The van der Waals surface area contributed by atoms with Gasteiger partial charge in [-0.25, -0.2) is 0 Å². The summed E-state index contributed by atoms with van der Waals surface area (Å²) in [6, 6.07) is 28.9. The highest BCUT2D eigenvalue weighted by atomic mass is 16.5. The molecule has 0 spiro atoms. The number of ether oxygens (including phenoxy) is 1. The smallest absolute Gasteiger partial charge is 0.135 e. The van der Waals surface area contributed by atoms with E-state index in [1.54, 1.807) is 0 Å². The van der Waals surface area contributed by atoms with Crippen molar-refractivity contribution < 1.29 is 10.2 Å². The lowest BCUT2D eigenvalue weighted by Gasteiger charge is -2.11. The lowest BCUT2D eigenvalue weighted by Crippen LogP contribution is -1.87. The fourth-order valence-corrected chi connectivity index (χ4v) is 2.69. The van der Waals surface area contributed by atoms with E-state index in [-0.39, 0.29) is 5.48 Å². The summed E-state index contributed by atoms with van der Waals surface area (Å²) in [5.74, 6) is 1.79. The molecule has 0 amide bonds. The Morgan fingerprint density at radius 1 is 0.500 bits per heavy atom. The van der Waals surface area contributed by atoms with Crippen molar-refractivity contribution in [2.24, 2.45) is 0 Å². The van der Waals surface area contributed by atoms with Crippen LogP contribution in [0.2, 0.25) is 0 Å². The Bertz CT molecular complexity index is 857. The number of hydrogen-bond acceptors (Lipinski definition) is 1. The van der Waals surface area contributed by atoms with Crippen LogP contribution in [-0.2, 0) is 0 Å². The highest BCUT2D eigenvalue weighted by Crippen LogP contribution is 2.33. The minimum Gasteiger partial charge on any atom is -0.456 e. The van der Waals surface area contributed by atoms with Crippen LogP contribution in [0, 0.1) is 0 Å². The van der Waals surface area contributed by atoms with Gasteiger partial charge >= 0.3 is 0 Å². The van der Waals surface area contributed by atoms with Crippen LogP contribution in [0.1, 0.15) is 0 Å². The molecule has 0 saturated carbocycles. The molecule has 0 bridgehead atoms. The second kappa shape index (κ2) is 7.95. The Labute approximate surface area is 141 Å². The molecule has 4 aromatic carbocycles. The summed E-state index contributed by atoms with van der Waals surface area (Å²) in [6.07, 6.45) is 0. The Morgan fingerprint density at radius 3 is 1.33 bits per heavy atom. The van der Waals surface area contributed by atoms with Crippen molar-refractivity contribution >= 4 is 21.5 Å². The summed E-state index contributed by atoms with van der Waals surface area (Å²) in [6.45, 7) is 6.00. The van der Waals surface area contributed by atoms with Crippen molar-refractivity contribution in [3.05, 3.63) is 98.1 Å². The summed E-state index contributed by atoms with van der Waals surface area (Å²) >= 11 is 0. The summed E-state index contributed by atoms with van der Waals surface area (Å²) < 4.78 is 6.20. The van der Waals surface area contributed by atoms with E-state index in [1.165, 1.54) is 10.8 Å². The average molecular weight is 316 g/mol. The van der Waals surface area contributed by atoms with Crippen molar-refractivity contribution in [3.8, 4) is 11.5 Å². The number of rotatable bonds is 2. The Hall–Kier alpha value is -3.10. The van der Waals surface area contributed by atoms with Crippen LogP contribution < -0.4 is 4.74 Å². The van der Waals surface area contributed by atoms with Crippen LogP contribution >= 0.6 is 0 Å². The lowest BCUT2D eigenvalue weighted by molar-refractivity contribution is 0.494. The van der Waals surface area contributed by atoms with Gasteiger partial charge in [0.05, 0.1) is 0 Å². The predicted octanol–water partition coefficient (Wildman–Crippen LogP) is 5.76. The van der Waals surface area contributed by atoms with E-state index in [2.05, 4.69) is 49.6 Å². The van der Waals surface area contributed by atoms with Gasteiger partial charge in [0.25, 0.3) is 0 Å². The second-order valence-corrected chi connectivity index (χ2v) is 5.06. The van der Waals surface area contributed by atoms with Crippen molar-refractivity contribution in [1.82, 2.24) is 0 Å². The maximum atomic E-state index is 6.20. The van der Waals surface area contributed by atoms with Crippen LogP contribution in [0.5, 0.6) is 11.5 Å². The highest BCUT2D eigenvalue weighted by Gasteiger charge is 2.05. The molecule has 0 unspecified atom stereocenters. The Balaban J connectivity index is 0.000000670. The van der Waals surface area contributed by atoms with E-state index in [1.807, 2.05) is 48.5 Å². The number of benzene rings is 4. The summed E-state index contributed by atoms with van der Waals surface area (Å²) in [5, 5.41) is 4.64. The van der Waals surface area contributed by atoms with Gasteiger partial charge in [-0.15, -0.1) is 13.2 Å². The summed E-state index contributed by atoms with van der Waals surface area (Å²) in [4.78, 5) is 0. The topological polar surface area (TPSA) is 40.7 Å². The lowest BCUT2D eigenvalue weighted by atomic mass is 10.1. The van der Waals surface area contributed by atoms with Crippen LogP contribution in [0.3, 0.4) is 0 Å². The Morgan fingerprint density at radius 2 is 0.875 bits per heavy atom. The zero-order chi connectivity index (χ0) is 16.1. The molecular formula is C22H20O2. The van der Waals surface area contributed by atoms with Gasteiger partial charge < -0.3 is 10.2 Å². The molecule has 4 rings (SSSR count). The largest absolute Gasteiger partial charge is 0.456 e. The molecule has 24 heavy (non-hydrogen) atoms. The predicted molar refractivity (Wildman–Crippen MR) is 103 cm³/mol. The molecule has 0 atom stereocenters. The van der Waals surface area contributed by atoms with Gasteiger partial charge in [-0.2, -0.15) is 0 Å². The first-order valence-corrected chi connectivity index (χ1v) is 7.55. The summed E-state index contributed by atoms with van der Waals surface area (Å²) in [5.41, 5.74) is 0. The Kier molecular flexibility index (Phi) is 5.72. The van der Waals surface area contributed by atoms with Crippen LogP contribution in [-0.4, -0.2) is 5.48 Å². The SMILES string of the molecule is C=C.O.c1ccc2c(Oc3cccc4ccccc34)cccc2c1. The van der Waals surface area contributed by atoms with E-state index >= 15 is 0 Å². The molecule has 2 N–H and O–H groups in total. The van der Waals surface area contributed by atoms with E-state index in [9.17, 15) is 0 Å². The van der Waals surface area contributed by atoms with Gasteiger partial charge in [0.15, 0.2) is 0 Å². The van der Waals surface area contributed by atoms with Crippen molar-refractivity contribution in [3.63, 3.8) is 0 Å². The number of fused-ring (bicyclic) bond motifs is 2. The fraction of sp³-hybridized carbons (Fsp3) is 0. The molecule has 0 saturated heterocycles. The monoisotopic (exact) mass is 316 g/mol. The molecule has 2 nitrogen and oxygen atoms in total. The molecule has 0 radical (unpaired) electrons. The van der Waals surface area contributed by atoms with Gasteiger partial charge in [0.1, 0.15) is 11.5 Å². The minimum absolute atomic E-state index is 0. The minimum atomic E-state index is 0. The zero-order valence-corrected chi connectivity index (χ0v) is 13.4. The summed E-state index contributed by atoms with van der Waals surface area (Å²) in [7, 11) is 0. The molecule has 0 aliphatic rings. The quantitative estimate of drug-likeness (QED) is 0.433. The van der Waals surface area contributed by atoms with E-state index in [0.717, 1.165) is 22.3 Å².